The van der Waals surface area contributed by atoms with Gasteiger partial charge in [0.2, 0.25) is 0 Å². The summed E-state index contributed by atoms with van der Waals surface area (Å²) >= 11 is 3.35. The van der Waals surface area contributed by atoms with E-state index in [2.05, 4.69) is 15.9 Å². The third-order valence-corrected chi connectivity index (χ3v) is 4.63. The summed E-state index contributed by atoms with van der Waals surface area (Å²) in [6.45, 7) is 1.94. The Kier molecular flexibility index (Phi) is 5.08. The van der Waals surface area contributed by atoms with E-state index < -0.39 is 5.82 Å². The lowest BCUT2D eigenvalue weighted by atomic mass is 10.1. The van der Waals surface area contributed by atoms with Crippen molar-refractivity contribution in [2.24, 2.45) is 5.92 Å². The molecule has 0 bridgehead atoms. The van der Waals surface area contributed by atoms with E-state index in [4.69, 9.17) is 4.74 Å². The van der Waals surface area contributed by atoms with Crippen LogP contribution in [0.1, 0.15) is 16.8 Å². The molecule has 0 N–H and O–H groups in total. The molecule has 1 aliphatic heterocycles. The minimum absolute atomic E-state index is 0.213. The van der Waals surface area contributed by atoms with Gasteiger partial charge in [0.25, 0.3) is 5.91 Å². The van der Waals surface area contributed by atoms with Gasteiger partial charge >= 0.3 is 0 Å². The molecule has 1 fully saturated rings. The third kappa shape index (κ3) is 3.79. The Balaban J connectivity index is 1.93. The van der Waals surface area contributed by atoms with Crippen molar-refractivity contribution >= 4 is 27.5 Å². The lowest BCUT2D eigenvalue weighted by Gasteiger charge is -2.26. The van der Waals surface area contributed by atoms with Gasteiger partial charge in [0.15, 0.2) is 0 Å². The van der Waals surface area contributed by atoms with Gasteiger partial charge in [-0.25, -0.2) is 4.39 Å². The monoisotopic (exact) mass is 377 g/mol. The Bertz CT molecular complexity index is 687. The minimum atomic E-state index is -0.422. The van der Waals surface area contributed by atoms with Crippen molar-refractivity contribution in [2.45, 2.75) is 6.42 Å². The maximum atomic E-state index is 13.6. The number of hydrogen-bond donors (Lipinski definition) is 0. The molecule has 3 rings (SSSR count). The summed E-state index contributed by atoms with van der Waals surface area (Å²) in [5, 5.41) is 0. The fourth-order valence-electron chi connectivity index (χ4n) is 2.71. The average Bonchev–Trinajstić information content (AvgIpc) is 3.08. The molecule has 2 aromatic carbocycles. The second-order valence-corrected chi connectivity index (χ2v) is 6.46. The van der Waals surface area contributed by atoms with E-state index in [1.807, 2.05) is 30.3 Å². The molecule has 3 nitrogen and oxygen atoms in total. The molecule has 0 unspecified atom stereocenters. The molecule has 1 aliphatic rings. The fraction of sp³-hybridized carbons (Fsp3) is 0.278. The van der Waals surface area contributed by atoms with E-state index in [0.29, 0.717) is 29.1 Å². The Morgan fingerprint density at radius 1 is 1.26 bits per heavy atom. The smallest absolute Gasteiger partial charge is 0.259 e. The van der Waals surface area contributed by atoms with E-state index in [1.165, 1.54) is 12.1 Å². The fourth-order valence-corrected chi connectivity index (χ4v) is 3.12. The topological polar surface area (TPSA) is 29.5 Å². The first-order valence-corrected chi connectivity index (χ1v) is 8.34. The van der Waals surface area contributed by atoms with Crippen LogP contribution < -0.4 is 4.90 Å². The van der Waals surface area contributed by atoms with Gasteiger partial charge in [0.1, 0.15) is 5.82 Å². The summed E-state index contributed by atoms with van der Waals surface area (Å²) in [5.74, 6) is -0.338. The molecule has 1 heterocycles. The zero-order valence-corrected chi connectivity index (χ0v) is 14.1. The van der Waals surface area contributed by atoms with Gasteiger partial charge in [-0.05, 0) is 52.7 Å². The van der Waals surface area contributed by atoms with E-state index in [9.17, 15) is 9.18 Å². The minimum Gasteiger partial charge on any atom is -0.381 e. The number of amides is 1. The van der Waals surface area contributed by atoms with Crippen LogP contribution in [0.2, 0.25) is 0 Å². The number of nitrogens with zero attached hydrogens (tertiary/aromatic N) is 1. The lowest BCUT2D eigenvalue weighted by Crippen LogP contribution is -2.36. The molecule has 120 valence electrons. The Morgan fingerprint density at radius 3 is 2.74 bits per heavy atom. The Morgan fingerprint density at radius 2 is 2.04 bits per heavy atom. The second kappa shape index (κ2) is 7.23. The van der Waals surface area contributed by atoms with Crippen molar-refractivity contribution in [3.8, 4) is 0 Å². The van der Waals surface area contributed by atoms with Gasteiger partial charge in [-0.15, -0.1) is 0 Å². The maximum Gasteiger partial charge on any atom is 0.259 e. The lowest BCUT2D eigenvalue weighted by molar-refractivity contribution is 0.0980. The second-order valence-electron chi connectivity index (χ2n) is 5.61. The number of carbonyl (C=O) groups excluding carboxylic acids is 1. The number of ether oxygens (including phenoxy) is 1. The van der Waals surface area contributed by atoms with Crippen LogP contribution in [-0.2, 0) is 4.74 Å². The molecular formula is C18H17BrFNO2. The van der Waals surface area contributed by atoms with Crippen LogP contribution >= 0.6 is 15.9 Å². The van der Waals surface area contributed by atoms with E-state index in [0.717, 1.165) is 18.7 Å². The number of halogens is 2. The summed E-state index contributed by atoms with van der Waals surface area (Å²) in [4.78, 5) is 14.7. The highest BCUT2D eigenvalue weighted by Gasteiger charge is 2.25. The van der Waals surface area contributed by atoms with Crippen LogP contribution in [0.4, 0.5) is 10.1 Å². The van der Waals surface area contributed by atoms with Crippen LogP contribution in [0.5, 0.6) is 0 Å². The normalized spacial score (nSPS) is 17.2. The highest BCUT2D eigenvalue weighted by molar-refractivity contribution is 9.10. The molecule has 0 aromatic heterocycles. The van der Waals surface area contributed by atoms with E-state index in [-0.39, 0.29) is 5.91 Å². The van der Waals surface area contributed by atoms with Gasteiger partial charge in [-0.1, -0.05) is 18.2 Å². The number of anilines is 1. The standard InChI is InChI=1S/C18H17BrFNO2/c19-17-7-6-14(20)10-16(17)18(22)21(11-13-8-9-23-12-13)15-4-2-1-3-5-15/h1-7,10,13H,8-9,11-12H2/t13-/m1/s1. The highest BCUT2D eigenvalue weighted by atomic mass is 79.9. The summed E-state index contributed by atoms with van der Waals surface area (Å²) < 4.78 is 19.6. The van der Waals surface area contributed by atoms with Crippen molar-refractivity contribution in [2.75, 3.05) is 24.7 Å². The summed E-state index contributed by atoms with van der Waals surface area (Å²) in [7, 11) is 0. The molecule has 0 radical (unpaired) electrons. The van der Waals surface area contributed by atoms with E-state index in [1.54, 1.807) is 11.0 Å². The molecular weight excluding hydrogens is 361 g/mol. The predicted octanol–water partition coefficient (Wildman–Crippen LogP) is 4.27. The first-order valence-electron chi connectivity index (χ1n) is 7.55. The molecule has 0 spiro atoms. The summed E-state index contributed by atoms with van der Waals surface area (Å²) in [6, 6.07) is 13.6. The molecule has 5 heteroatoms. The Hall–Kier alpha value is -1.72. The van der Waals surface area contributed by atoms with E-state index >= 15 is 0 Å². The first kappa shape index (κ1) is 16.1. The first-order chi connectivity index (χ1) is 11.1. The zero-order chi connectivity index (χ0) is 16.2. The predicted molar refractivity (Wildman–Crippen MR) is 91.1 cm³/mol. The SMILES string of the molecule is O=C(c1cc(F)ccc1Br)N(C[C@H]1CCOC1)c1ccccc1. The van der Waals surface area contributed by atoms with Crippen LogP contribution in [0.3, 0.4) is 0 Å². The number of benzene rings is 2. The van der Waals surface area contributed by atoms with Crippen LogP contribution in [-0.4, -0.2) is 25.7 Å². The van der Waals surface area contributed by atoms with Gasteiger partial charge < -0.3 is 9.64 Å². The number of carbonyl (C=O) groups is 1. The molecule has 1 atom stereocenters. The molecule has 23 heavy (non-hydrogen) atoms. The molecule has 0 saturated carbocycles. The molecule has 0 aliphatic carbocycles. The zero-order valence-electron chi connectivity index (χ0n) is 12.5. The largest absolute Gasteiger partial charge is 0.381 e. The molecule has 2 aromatic rings. The van der Waals surface area contributed by atoms with Gasteiger partial charge in [0.05, 0.1) is 12.2 Å². The van der Waals surface area contributed by atoms with Crippen molar-refractivity contribution in [1.29, 1.82) is 0 Å². The van der Waals surface area contributed by atoms with Crippen molar-refractivity contribution < 1.29 is 13.9 Å². The van der Waals surface area contributed by atoms with Gasteiger partial charge in [-0.3, -0.25) is 4.79 Å². The van der Waals surface area contributed by atoms with Gasteiger partial charge in [-0.2, -0.15) is 0 Å². The number of hydrogen-bond acceptors (Lipinski definition) is 2. The van der Waals surface area contributed by atoms with Crippen LogP contribution in [0, 0.1) is 11.7 Å². The van der Waals surface area contributed by atoms with Crippen molar-refractivity contribution in [3.63, 3.8) is 0 Å². The highest BCUT2D eigenvalue weighted by Crippen LogP contribution is 2.25. The maximum absolute atomic E-state index is 13.6. The quantitative estimate of drug-likeness (QED) is 0.795. The number of para-hydroxylation sites is 1. The van der Waals surface area contributed by atoms with Crippen molar-refractivity contribution in [3.05, 3.63) is 64.4 Å². The van der Waals surface area contributed by atoms with Crippen molar-refractivity contribution in [1.82, 2.24) is 0 Å². The number of rotatable bonds is 4. The molecule has 1 amide bonds. The van der Waals surface area contributed by atoms with Crippen LogP contribution in [0.15, 0.2) is 53.0 Å². The van der Waals surface area contributed by atoms with Gasteiger partial charge in [0, 0.05) is 29.2 Å². The van der Waals surface area contributed by atoms with Crippen LogP contribution in [0.25, 0.3) is 0 Å². The summed E-state index contributed by atoms with van der Waals surface area (Å²) in [6.07, 6.45) is 0.931. The average molecular weight is 378 g/mol. The summed E-state index contributed by atoms with van der Waals surface area (Å²) in [5.41, 5.74) is 1.13. The Labute approximate surface area is 143 Å². The third-order valence-electron chi connectivity index (χ3n) is 3.94. The molecule has 1 saturated heterocycles.